The Kier molecular flexibility index (Phi) is 4.86. The predicted molar refractivity (Wildman–Crippen MR) is 121 cm³/mol. The van der Waals surface area contributed by atoms with Crippen molar-refractivity contribution in [1.82, 2.24) is 10.4 Å². The standard InChI is InChI=1S/C25H26N2S/c1-18(19-9-6-5-7-10-19)27-23(24-11-8-16-28-24)17-22(26-27)20-12-14-21(15-13-20)25(2,3)4/h5-17,23,26H,1H2,2-4H3. The summed E-state index contributed by atoms with van der Waals surface area (Å²) in [5, 5.41) is 4.30. The molecule has 0 radical (unpaired) electrons. The van der Waals surface area contributed by atoms with Crippen LogP contribution in [0.25, 0.3) is 11.4 Å². The molecule has 2 heterocycles. The molecule has 0 amide bonds. The molecular weight excluding hydrogens is 360 g/mol. The van der Waals surface area contributed by atoms with E-state index in [1.807, 2.05) is 6.07 Å². The minimum atomic E-state index is 0.130. The van der Waals surface area contributed by atoms with Gasteiger partial charge in [0.1, 0.15) is 6.04 Å². The number of hydrogen-bond donors (Lipinski definition) is 1. The van der Waals surface area contributed by atoms with Crippen LogP contribution in [0.1, 0.15) is 48.4 Å². The van der Waals surface area contributed by atoms with Crippen molar-refractivity contribution in [3.05, 3.63) is 106 Å². The molecule has 0 saturated carbocycles. The summed E-state index contributed by atoms with van der Waals surface area (Å²) >= 11 is 1.77. The molecule has 0 saturated heterocycles. The van der Waals surface area contributed by atoms with E-state index < -0.39 is 0 Å². The number of rotatable bonds is 4. The molecule has 0 spiro atoms. The fraction of sp³-hybridized carbons (Fsp3) is 0.200. The van der Waals surface area contributed by atoms with E-state index >= 15 is 0 Å². The molecule has 4 rings (SSSR count). The van der Waals surface area contributed by atoms with Crippen LogP contribution in [0, 0.1) is 0 Å². The molecular formula is C25H26N2S. The molecule has 1 aromatic heterocycles. The van der Waals surface area contributed by atoms with Gasteiger partial charge in [-0.15, -0.1) is 11.3 Å². The summed E-state index contributed by atoms with van der Waals surface area (Å²) in [5.74, 6) is 0. The van der Waals surface area contributed by atoms with Gasteiger partial charge in [0.25, 0.3) is 0 Å². The lowest BCUT2D eigenvalue weighted by Crippen LogP contribution is -2.31. The molecule has 3 aromatic rings. The lowest BCUT2D eigenvalue weighted by molar-refractivity contribution is 0.325. The smallest absolute Gasteiger partial charge is 0.105 e. The van der Waals surface area contributed by atoms with Crippen LogP contribution >= 0.6 is 11.3 Å². The highest BCUT2D eigenvalue weighted by Gasteiger charge is 2.29. The van der Waals surface area contributed by atoms with Gasteiger partial charge in [0.2, 0.25) is 0 Å². The maximum absolute atomic E-state index is 4.38. The summed E-state index contributed by atoms with van der Waals surface area (Å²) in [7, 11) is 0. The zero-order valence-corrected chi connectivity index (χ0v) is 17.5. The number of nitrogens with zero attached hydrogens (tertiary/aromatic N) is 1. The van der Waals surface area contributed by atoms with Gasteiger partial charge >= 0.3 is 0 Å². The largest absolute Gasteiger partial charge is 0.297 e. The number of hydrogen-bond acceptors (Lipinski definition) is 3. The van der Waals surface area contributed by atoms with E-state index in [4.69, 9.17) is 0 Å². The Morgan fingerprint density at radius 1 is 0.964 bits per heavy atom. The summed E-state index contributed by atoms with van der Waals surface area (Å²) in [4.78, 5) is 1.30. The summed E-state index contributed by atoms with van der Waals surface area (Å²) in [6, 6.07) is 23.6. The van der Waals surface area contributed by atoms with Gasteiger partial charge in [-0.3, -0.25) is 10.4 Å². The molecule has 1 aliphatic heterocycles. The van der Waals surface area contributed by atoms with E-state index in [2.05, 4.69) is 110 Å². The van der Waals surface area contributed by atoms with Crippen LogP contribution in [0.5, 0.6) is 0 Å². The molecule has 3 heteroatoms. The van der Waals surface area contributed by atoms with Crippen molar-refractivity contribution in [3.8, 4) is 0 Å². The minimum Gasteiger partial charge on any atom is -0.297 e. The molecule has 1 unspecified atom stereocenters. The Morgan fingerprint density at radius 2 is 1.68 bits per heavy atom. The van der Waals surface area contributed by atoms with Gasteiger partial charge < -0.3 is 0 Å². The van der Waals surface area contributed by atoms with E-state index in [0.717, 1.165) is 17.0 Å². The Morgan fingerprint density at radius 3 is 2.29 bits per heavy atom. The molecule has 142 valence electrons. The first-order valence-corrected chi connectivity index (χ1v) is 10.5. The van der Waals surface area contributed by atoms with Crippen molar-refractivity contribution in [1.29, 1.82) is 0 Å². The second-order valence-electron chi connectivity index (χ2n) is 8.16. The van der Waals surface area contributed by atoms with Gasteiger partial charge in [-0.25, -0.2) is 0 Å². The Balaban J connectivity index is 1.66. The third-order valence-electron chi connectivity index (χ3n) is 5.14. The number of hydrazine groups is 1. The SMILES string of the molecule is C=C(c1ccccc1)N1NC(c2ccc(C(C)(C)C)cc2)=CC1c1cccs1. The lowest BCUT2D eigenvalue weighted by Gasteiger charge is -2.29. The average Bonchev–Trinajstić information content (AvgIpc) is 3.37. The molecule has 0 fully saturated rings. The van der Waals surface area contributed by atoms with Gasteiger partial charge in [-0.1, -0.05) is 88.0 Å². The van der Waals surface area contributed by atoms with Gasteiger partial charge in [0, 0.05) is 4.88 Å². The Hall–Kier alpha value is -2.78. The van der Waals surface area contributed by atoms with E-state index in [9.17, 15) is 0 Å². The first-order chi connectivity index (χ1) is 13.4. The van der Waals surface area contributed by atoms with E-state index in [1.54, 1.807) is 11.3 Å². The Labute approximate surface area is 171 Å². The fourth-order valence-electron chi connectivity index (χ4n) is 3.45. The van der Waals surface area contributed by atoms with Crippen molar-refractivity contribution in [2.75, 3.05) is 0 Å². The van der Waals surface area contributed by atoms with Crippen LogP contribution in [-0.4, -0.2) is 5.01 Å². The third-order valence-corrected chi connectivity index (χ3v) is 6.08. The average molecular weight is 387 g/mol. The number of thiophene rings is 1. The molecule has 1 atom stereocenters. The zero-order valence-electron chi connectivity index (χ0n) is 16.6. The second-order valence-corrected chi connectivity index (χ2v) is 9.14. The van der Waals surface area contributed by atoms with Crippen LogP contribution in [0.2, 0.25) is 0 Å². The van der Waals surface area contributed by atoms with Crippen LogP contribution in [0.15, 0.2) is 84.8 Å². The maximum Gasteiger partial charge on any atom is 0.105 e. The van der Waals surface area contributed by atoms with Crippen LogP contribution < -0.4 is 5.43 Å². The minimum absolute atomic E-state index is 0.130. The van der Waals surface area contributed by atoms with Crippen molar-refractivity contribution in [2.45, 2.75) is 32.2 Å². The highest BCUT2D eigenvalue weighted by Crippen LogP contribution is 2.38. The summed E-state index contributed by atoms with van der Waals surface area (Å²) in [5.41, 5.74) is 9.50. The van der Waals surface area contributed by atoms with E-state index in [-0.39, 0.29) is 11.5 Å². The molecule has 0 bridgehead atoms. The monoisotopic (exact) mass is 386 g/mol. The Bertz CT molecular complexity index is 977. The second kappa shape index (κ2) is 7.33. The number of nitrogens with one attached hydrogen (secondary N) is 1. The summed E-state index contributed by atoms with van der Waals surface area (Å²) in [6.45, 7) is 11.1. The molecule has 2 aromatic carbocycles. The third kappa shape index (κ3) is 3.63. The van der Waals surface area contributed by atoms with Gasteiger partial charge in [-0.05, 0) is 39.6 Å². The van der Waals surface area contributed by atoms with Gasteiger partial charge in [0.15, 0.2) is 0 Å². The summed E-state index contributed by atoms with van der Waals surface area (Å²) in [6.07, 6.45) is 2.30. The van der Waals surface area contributed by atoms with Crippen molar-refractivity contribution in [2.24, 2.45) is 0 Å². The van der Waals surface area contributed by atoms with E-state index in [1.165, 1.54) is 16.0 Å². The quantitative estimate of drug-likeness (QED) is 0.542. The van der Waals surface area contributed by atoms with Gasteiger partial charge in [-0.2, -0.15) is 0 Å². The van der Waals surface area contributed by atoms with Crippen LogP contribution in [0.3, 0.4) is 0 Å². The first kappa shape index (κ1) is 18.6. The van der Waals surface area contributed by atoms with Crippen molar-refractivity contribution in [3.63, 3.8) is 0 Å². The zero-order chi connectivity index (χ0) is 19.7. The van der Waals surface area contributed by atoms with Gasteiger partial charge in [0.05, 0.1) is 11.4 Å². The maximum atomic E-state index is 4.38. The van der Waals surface area contributed by atoms with Crippen molar-refractivity contribution < 1.29 is 0 Å². The predicted octanol–water partition coefficient (Wildman–Crippen LogP) is 6.62. The lowest BCUT2D eigenvalue weighted by atomic mass is 9.86. The first-order valence-electron chi connectivity index (χ1n) is 9.60. The van der Waals surface area contributed by atoms with E-state index in [0.29, 0.717) is 0 Å². The number of benzene rings is 2. The van der Waals surface area contributed by atoms with Crippen LogP contribution in [-0.2, 0) is 5.41 Å². The van der Waals surface area contributed by atoms with Crippen LogP contribution in [0.4, 0.5) is 0 Å². The highest BCUT2D eigenvalue weighted by atomic mass is 32.1. The fourth-order valence-corrected chi connectivity index (χ4v) is 4.24. The summed E-state index contributed by atoms with van der Waals surface area (Å²) < 4.78 is 0. The molecule has 1 aliphatic rings. The normalized spacial score (nSPS) is 16.6. The van der Waals surface area contributed by atoms with Crippen molar-refractivity contribution >= 4 is 22.7 Å². The molecule has 1 N–H and O–H groups in total. The highest BCUT2D eigenvalue weighted by molar-refractivity contribution is 7.10. The molecule has 2 nitrogen and oxygen atoms in total. The molecule has 0 aliphatic carbocycles. The topological polar surface area (TPSA) is 15.3 Å². The molecule has 28 heavy (non-hydrogen) atoms.